The summed E-state index contributed by atoms with van der Waals surface area (Å²) in [6.45, 7) is 0. The Kier molecular flexibility index (Phi) is 2.83. The molecule has 0 aliphatic heterocycles. The van der Waals surface area contributed by atoms with E-state index in [2.05, 4.69) is 4.98 Å². The fourth-order valence-electron chi connectivity index (χ4n) is 4.30. The van der Waals surface area contributed by atoms with Gasteiger partial charge in [0.05, 0.1) is 5.52 Å². The normalized spacial score (nSPS) is 28.1. The molecule has 2 nitrogen and oxygen atoms in total. The van der Waals surface area contributed by atoms with Crippen molar-refractivity contribution >= 4 is 16.7 Å². The summed E-state index contributed by atoms with van der Waals surface area (Å²) in [5.41, 5.74) is 1.68. The van der Waals surface area contributed by atoms with Gasteiger partial charge in [-0.05, 0) is 49.1 Å². The van der Waals surface area contributed by atoms with Gasteiger partial charge in [0.1, 0.15) is 0 Å². The minimum atomic E-state index is 0.284. The van der Waals surface area contributed by atoms with E-state index in [0.29, 0.717) is 5.92 Å². The van der Waals surface area contributed by atoms with Gasteiger partial charge >= 0.3 is 0 Å². The molecule has 20 heavy (non-hydrogen) atoms. The number of carbonyl (C=O) groups is 1. The number of hydrogen-bond acceptors (Lipinski definition) is 2. The Hall–Kier alpha value is -1.70. The second-order valence-corrected chi connectivity index (χ2v) is 6.44. The zero-order valence-electron chi connectivity index (χ0n) is 11.6. The lowest BCUT2D eigenvalue weighted by Crippen LogP contribution is -2.15. The van der Waals surface area contributed by atoms with E-state index in [1.165, 1.54) is 25.7 Å². The predicted octanol–water partition coefficient (Wildman–Crippen LogP) is 4.24. The van der Waals surface area contributed by atoms with Gasteiger partial charge in [0, 0.05) is 23.6 Å². The zero-order chi connectivity index (χ0) is 13.5. The van der Waals surface area contributed by atoms with Gasteiger partial charge in [0.15, 0.2) is 5.78 Å². The lowest BCUT2D eigenvalue weighted by atomic mass is 9.84. The third-order valence-corrected chi connectivity index (χ3v) is 5.27. The highest BCUT2D eigenvalue weighted by atomic mass is 16.1. The van der Waals surface area contributed by atoms with E-state index < -0.39 is 0 Å². The van der Waals surface area contributed by atoms with Crippen molar-refractivity contribution in [2.24, 2.45) is 17.8 Å². The number of benzene rings is 1. The minimum Gasteiger partial charge on any atom is -0.294 e. The highest BCUT2D eigenvalue weighted by molar-refractivity contribution is 6.06. The van der Waals surface area contributed by atoms with Crippen molar-refractivity contribution in [1.82, 2.24) is 4.98 Å². The Morgan fingerprint density at radius 1 is 1.15 bits per heavy atom. The summed E-state index contributed by atoms with van der Waals surface area (Å²) in [4.78, 5) is 17.1. The summed E-state index contributed by atoms with van der Waals surface area (Å²) >= 11 is 0. The van der Waals surface area contributed by atoms with Crippen LogP contribution in [0.1, 0.15) is 42.5 Å². The van der Waals surface area contributed by atoms with Gasteiger partial charge in [-0.1, -0.05) is 24.6 Å². The third-order valence-electron chi connectivity index (χ3n) is 5.27. The summed E-state index contributed by atoms with van der Waals surface area (Å²) in [6, 6.07) is 9.88. The molecule has 3 unspecified atom stereocenters. The van der Waals surface area contributed by atoms with Crippen LogP contribution in [-0.2, 0) is 0 Å². The molecule has 2 aliphatic carbocycles. The molecular formula is C18H19NO. The molecule has 0 radical (unpaired) electrons. The van der Waals surface area contributed by atoms with Crippen LogP contribution < -0.4 is 0 Å². The van der Waals surface area contributed by atoms with Crippen molar-refractivity contribution in [3.8, 4) is 0 Å². The summed E-state index contributed by atoms with van der Waals surface area (Å²) in [5, 5.41) is 1.06. The lowest BCUT2D eigenvalue weighted by molar-refractivity contribution is 0.0946. The van der Waals surface area contributed by atoms with E-state index in [0.717, 1.165) is 34.7 Å². The monoisotopic (exact) mass is 265 g/mol. The molecule has 0 saturated heterocycles. The molecule has 1 aromatic heterocycles. The molecule has 2 bridgehead atoms. The van der Waals surface area contributed by atoms with Gasteiger partial charge in [-0.25, -0.2) is 0 Å². The third kappa shape index (κ3) is 1.94. The second-order valence-electron chi connectivity index (χ2n) is 6.44. The summed E-state index contributed by atoms with van der Waals surface area (Å²) in [7, 11) is 0. The lowest BCUT2D eigenvalue weighted by Gasteiger charge is -2.20. The first-order valence-electron chi connectivity index (χ1n) is 7.68. The van der Waals surface area contributed by atoms with Crippen molar-refractivity contribution in [1.29, 1.82) is 0 Å². The SMILES string of the molecule is O=C(CC1CC2CCC1C2)c1cccc2cccnc12. The number of aromatic nitrogens is 1. The maximum absolute atomic E-state index is 12.7. The van der Waals surface area contributed by atoms with Crippen LogP contribution in [0.4, 0.5) is 0 Å². The van der Waals surface area contributed by atoms with E-state index in [4.69, 9.17) is 0 Å². The van der Waals surface area contributed by atoms with Crippen LogP contribution in [-0.4, -0.2) is 10.8 Å². The number of para-hydroxylation sites is 1. The Labute approximate surface area is 119 Å². The van der Waals surface area contributed by atoms with Crippen molar-refractivity contribution in [2.75, 3.05) is 0 Å². The molecule has 4 rings (SSSR count). The Morgan fingerprint density at radius 3 is 2.85 bits per heavy atom. The molecule has 2 heteroatoms. The molecule has 1 heterocycles. The average Bonchev–Trinajstić information content (AvgIpc) is 3.09. The van der Waals surface area contributed by atoms with Gasteiger partial charge in [-0.2, -0.15) is 0 Å². The van der Waals surface area contributed by atoms with E-state index in [1.807, 2.05) is 30.3 Å². The summed E-state index contributed by atoms with van der Waals surface area (Å²) in [6.07, 6.45) is 7.87. The largest absolute Gasteiger partial charge is 0.294 e. The van der Waals surface area contributed by atoms with Crippen LogP contribution in [0.5, 0.6) is 0 Å². The van der Waals surface area contributed by atoms with Crippen molar-refractivity contribution in [3.63, 3.8) is 0 Å². The fraction of sp³-hybridized carbons (Fsp3) is 0.444. The van der Waals surface area contributed by atoms with Crippen LogP contribution >= 0.6 is 0 Å². The number of rotatable bonds is 3. The molecule has 0 N–H and O–H groups in total. The number of nitrogens with zero attached hydrogens (tertiary/aromatic N) is 1. The minimum absolute atomic E-state index is 0.284. The first-order chi connectivity index (χ1) is 9.81. The second kappa shape index (κ2) is 4.69. The van der Waals surface area contributed by atoms with E-state index in [1.54, 1.807) is 6.20 Å². The molecule has 0 spiro atoms. The zero-order valence-corrected chi connectivity index (χ0v) is 11.6. The van der Waals surface area contributed by atoms with Gasteiger partial charge < -0.3 is 0 Å². The number of Topliss-reactive ketones (excluding diaryl/α,β-unsaturated/α-hetero) is 1. The van der Waals surface area contributed by atoms with Gasteiger partial charge in [0.25, 0.3) is 0 Å². The molecule has 1 aromatic carbocycles. The molecular weight excluding hydrogens is 246 g/mol. The van der Waals surface area contributed by atoms with Crippen molar-refractivity contribution in [3.05, 3.63) is 42.1 Å². The summed E-state index contributed by atoms with van der Waals surface area (Å²) < 4.78 is 0. The number of fused-ring (bicyclic) bond motifs is 3. The molecule has 2 fully saturated rings. The molecule has 2 aliphatic rings. The Morgan fingerprint density at radius 2 is 2.05 bits per heavy atom. The Bertz CT molecular complexity index is 658. The van der Waals surface area contributed by atoms with Crippen molar-refractivity contribution < 1.29 is 4.79 Å². The standard InChI is InChI=1S/C18H19NO/c20-17(11-15-10-12-6-7-14(15)9-12)16-5-1-3-13-4-2-8-19-18(13)16/h1-5,8,12,14-15H,6-7,9-11H2. The smallest absolute Gasteiger partial charge is 0.165 e. The number of pyridine rings is 1. The predicted molar refractivity (Wildman–Crippen MR) is 79.6 cm³/mol. The fourth-order valence-corrected chi connectivity index (χ4v) is 4.30. The topological polar surface area (TPSA) is 30.0 Å². The van der Waals surface area contributed by atoms with Crippen LogP contribution in [0.3, 0.4) is 0 Å². The maximum atomic E-state index is 12.7. The number of hydrogen-bond donors (Lipinski definition) is 0. The highest BCUT2D eigenvalue weighted by Crippen LogP contribution is 2.49. The molecule has 3 atom stereocenters. The van der Waals surface area contributed by atoms with Gasteiger partial charge in [0.2, 0.25) is 0 Å². The van der Waals surface area contributed by atoms with Crippen LogP contribution in [0.2, 0.25) is 0 Å². The van der Waals surface area contributed by atoms with Gasteiger partial charge in [-0.15, -0.1) is 0 Å². The maximum Gasteiger partial charge on any atom is 0.165 e. The molecule has 2 saturated carbocycles. The van der Waals surface area contributed by atoms with Crippen LogP contribution in [0, 0.1) is 17.8 Å². The van der Waals surface area contributed by atoms with E-state index in [9.17, 15) is 4.79 Å². The molecule has 102 valence electrons. The first kappa shape index (κ1) is 12.1. The Balaban J connectivity index is 1.61. The first-order valence-corrected chi connectivity index (χ1v) is 7.68. The van der Waals surface area contributed by atoms with Crippen LogP contribution in [0.25, 0.3) is 10.9 Å². The molecule has 0 amide bonds. The van der Waals surface area contributed by atoms with Gasteiger partial charge in [-0.3, -0.25) is 9.78 Å². The van der Waals surface area contributed by atoms with Crippen LogP contribution in [0.15, 0.2) is 36.5 Å². The number of ketones is 1. The van der Waals surface area contributed by atoms with Crippen molar-refractivity contribution in [2.45, 2.75) is 32.1 Å². The molecule has 2 aromatic rings. The summed E-state index contributed by atoms with van der Waals surface area (Å²) in [5.74, 6) is 2.63. The quantitative estimate of drug-likeness (QED) is 0.777. The van der Waals surface area contributed by atoms with E-state index in [-0.39, 0.29) is 5.78 Å². The average molecular weight is 265 g/mol. The highest BCUT2D eigenvalue weighted by Gasteiger charge is 2.40. The van der Waals surface area contributed by atoms with E-state index >= 15 is 0 Å². The number of carbonyl (C=O) groups excluding carboxylic acids is 1.